The van der Waals surface area contributed by atoms with Gasteiger partial charge in [-0.05, 0) is 37.0 Å². The van der Waals surface area contributed by atoms with Crippen LogP contribution in [0.3, 0.4) is 0 Å². The molecular weight excluding hydrogens is 279 g/mol. The molecule has 20 heavy (non-hydrogen) atoms. The maximum absolute atomic E-state index is 13.3. The van der Waals surface area contributed by atoms with Crippen molar-refractivity contribution in [2.75, 3.05) is 13.6 Å². The van der Waals surface area contributed by atoms with Gasteiger partial charge in [-0.3, -0.25) is 0 Å². The average Bonchev–Trinajstić information content (AvgIpc) is 2.91. The smallest absolute Gasteiger partial charge is 0.207 e. The first-order valence-electron chi connectivity index (χ1n) is 6.61. The summed E-state index contributed by atoms with van der Waals surface area (Å²) in [7, 11) is -2.13. The second kappa shape index (κ2) is 5.90. The fraction of sp³-hybridized carbons (Fsp3) is 0.500. The van der Waals surface area contributed by atoms with Gasteiger partial charge in [0.25, 0.3) is 0 Å². The SMILES string of the molecule is CN(CC1CCCC1)S(=O)(=O)c1ccc(F)c(C#N)c1. The van der Waals surface area contributed by atoms with Gasteiger partial charge < -0.3 is 0 Å². The number of rotatable bonds is 4. The molecule has 6 heteroatoms. The number of halogens is 1. The molecule has 0 N–H and O–H groups in total. The molecule has 0 radical (unpaired) electrons. The van der Waals surface area contributed by atoms with Gasteiger partial charge in [0.15, 0.2) is 0 Å². The molecular formula is C14H17FN2O2S. The van der Waals surface area contributed by atoms with E-state index >= 15 is 0 Å². The van der Waals surface area contributed by atoms with E-state index in [-0.39, 0.29) is 10.5 Å². The van der Waals surface area contributed by atoms with Crippen LogP contribution >= 0.6 is 0 Å². The zero-order chi connectivity index (χ0) is 14.8. The van der Waals surface area contributed by atoms with Crippen LogP contribution in [-0.4, -0.2) is 26.3 Å². The van der Waals surface area contributed by atoms with Crippen molar-refractivity contribution < 1.29 is 12.8 Å². The number of hydrogen-bond acceptors (Lipinski definition) is 3. The number of nitrogens with zero attached hydrogens (tertiary/aromatic N) is 2. The van der Waals surface area contributed by atoms with E-state index in [1.165, 1.54) is 17.4 Å². The maximum atomic E-state index is 13.3. The summed E-state index contributed by atoms with van der Waals surface area (Å²) in [6.45, 7) is 0.474. The summed E-state index contributed by atoms with van der Waals surface area (Å²) in [5.74, 6) is -0.310. The Morgan fingerprint density at radius 3 is 2.65 bits per heavy atom. The minimum atomic E-state index is -3.66. The van der Waals surface area contributed by atoms with Crippen LogP contribution < -0.4 is 0 Å². The van der Waals surface area contributed by atoms with E-state index in [0.29, 0.717) is 12.5 Å². The molecule has 1 saturated carbocycles. The molecule has 0 aliphatic heterocycles. The second-order valence-corrected chi connectivity index (χ2v) is 7.23. The topological polar surface area (TPSA) is 61.2 Å². The molecule has 0 saturated heterocycles. The van der Waals surface area contributed by atoms with E-state index in [1.807, 2.05) is 0 Å². The van der Waals surface area contributed by atoms with Gasteiger partial charge in [0.05, 0.1) is 10.5 Å². The Kier molecular flexibility index (Phi) is 4.41. The van der Waals surface area contributed by atoms with Crippen molar-refractivity contribution >= 4 is 10.0 Å². The Bertz CT molecular complexity index is 631. The van der Waals surface area contributed by atoms with Gasteiger partial charge in [-0.15, -0.1) is 0 Å². The van der Waals surface area contributed by atoms with Crippen LogP contribution in [0.4, 0.5) is 4.39 Å². The molecule has 108 valence electrons. The fourth-order valence-electron chi connectivity index (χ4n) is 2.59. The number of nitriles is 1. The first-order valence-corrected chi connectivity index (χ1v) is 8.05. The Hall–Kier alpha value is -1.45. The highest BCUT2D eigenvalue weighted by molar-refractivity contribution is 7.89. The predicted octanol–water partition coefficient (Wildman–Crippen LogP) is 2.51. The highest BCUT2D eigenvalue weighted by atomic mass is 32.2. The third-order valence-corrected chi connectivity index (χ3v) is 5.58. The molecule has 1 aromatic rings. The molecule has 1 aliphatic rings. The van der Waals surface area contributed by atoms with Crippen molar-refractivity contribution in [3.8, 4) is 6.07 Å². The monoisotopic (exact) mass is 296 g/mol. The Morgan fingerprint density at radius 2 is 2.05 bits per heavy atom. The van der Waals surface area contributed by atoms with Gasteiger partial charge >= 0.3 is 0 Å². The van der Waals surface area contributed by atoms with E-state index in [2.05, 4.69) is 0 Å². The van der Waals surface area contributed by atoms with Crippen LogP contribution in [0.1, 0.15) is 31.2 Å². The first kappa shape index (κ1) is 14.9. The molecule has 4 nitrogen and oxygen atoms in total. The normalized spacial score (nSPS) is 16.5. The number of sulfonamides is 1. The van der Waals surface area contributed by atoms with Crippen LogP contribution in [-0.2, 0) is 10.0 Å². The molecule has 1 aromatic carbocycles. The van der Waals surface area contributed by atoms with Gasteiger partial charge in [-0.2, -0.15) is 5.26 Å². The summed E-state index contributed by atoms with van der Waals surface area (Å²) in [5.41, 5.74) is -0.250. The van der Waals surface area contributed by atoms with E-state index < -0.39 is 15.8 Å². The number of hydrogen-bond donors (Lipinski definition) is 0. The lowest BCUT2D eigenvalue weighted by Crippen LogP contribution is -2.31. The molecule has 0 aromatic heterocycles. The maximum Gasteiger partial charge on any atom is 0.242 e. The molecule has 0 unspecified atom stereocenters. The van der Waals surface area contributed by atoms with E-state index in [9.17, 15) is 12.8 Å². The third kappa shape index (κ3) is 3.00. The molecule has 0 heterocycles. The van der Waals surface area contributed by atoms with Crippen molar-refractivity contribution in [3.05, 3.63) is 29.6 Å². The Morgan fingerprint density at radius 1 is 1.40 bits per heavy atom. The Labute approximate surface area is 118 Å². The first-order chi connectivity index (χ1) is 9.45. The van der Waals surface area contributed by atoms with Crippen LogP contribution in [0.25, 0.3) is 0 Å². The van der Waals surface area contributed by atoms with Crippen molar-refractivity contribution in [2.45, 2.75) is 30.6 Å². The standard InChI is InChI=1S/C14H17FN2O2S/c1-17(10-11-4-2-3-5-11)20(18,19)13-6-7-14(15)12(8-13)9-16/h6-8,11H,2-5,10H2,1H3. The lowest BCUT2D eigenvalue weighted by atomic mass is 10.1. The zero-order valence-electron chi connectivity index (χ0n) is 11.3. The molecule has 1 fully saturated rings. The van der Waals surface area contributed by atoms with E-state index in [1.54, 1.807) is 6.07 Å². The summed E-state index contributed by atoms with van der Waals surface area (Å²) in [6.07, 6.45) is 4.39. The van der Waals surface area contributed by atoms with Gasteiger partial charge in [-0.25, -0.2) is 17.1 Å². The molecule has 0 spiro atoms. The summed E-state index contributed by atoms with van der Waals surface area (Å²) in [6, 6.07) is 4.98. The van der Waals surface area contributed by atoms with Crippen molar-refractivity contribution in [1.29, 1.82) is 5.26 Å². The molecule has 0 amide bonds. The summed E-state index contributed by atoms with van der Waals surface area (Å²) >= 11 is 0. The molecule has 0 bridgehead atoms. The zero-order valence-corrected chi connectivity index (χ0v) is 12.2. The van der Waals surface area contributed by atoms with Gasteiger partial charge in [-0.1, -0.05) is 12.8 Å². The van der Waals surface area contributed by atoms with Gasteiger partial charge in [0.2, 0.25) is 10.0 Å². The lowest BCUT2D eigenvalue weighted by Gasteiger charge is -2.20. The highest BCUT2D eigenvalue weighted by Gasteiger charge is 2.26. The number of benzene rings is 1. The van der Waals surface area contributed by atoms with Crippen molar-refractivity contribution in [2.24, 2.45) is 5.92 Å². The lowest BCUT2D eigenvalue weighted by molar-refractivity contribution is 0.387. The van der Waals surface area contributed by atoms with Crippen molar-refractivity contribution in [1.82, 2.24) is 4.31 Å². The average molecular weight is 296 g/mol. The molecule has 0 atom stereocenters. The van der Waals surface area contributed by atoms with Crippen LogP contribution in [0.2, 0.25) is 0 Å². The largest absolute Gasteiger partial charge is 0.242 e. The van der Waals surface area contributed by atoms with Crippen LogP contribution in [0, 0.1) is 23.1 Å². The quantitative estimate of drug-likeness (QED) is 0.857. The molecule has 1 aliphatic carbocycles. The third-order valence-electron chi connectivity index (χ3n) is 3.76. The van der Waals surface area contributed by atoms with E-state index in [4.69, 9.17) is 5.26 Å². The molecule has 2 rings (SSSR count). The summed E-state index contributed by atoms with van der Waals surface area (Å²) in [5, 5.41) is 8.78. The summed E-state index contributed by atoms with van der Waals surface area (Å²) in [4.78, 5) is -0.0315. The predicted molar refractivity (Wildman–Crippen MR) is 72.9 cm³/mol. The van der Waals surface area contributed by atoms with Crippen molar-refractivity contribution in [3.63, 3.8) is 0 Å². The van der Waals surface area contributed by atoms with Crippen LogP contribution in [0.5, 0.6) is 0 Å². The van der Waals surface area contributed by atoms with Gasteiger partial charge in [0.1, 0.15) is 11.9 Å². The van der Waals surface area contributed by atoms with Gasteiger partial charge in [0, 0.05) is 13.6 Å². The highest BCUT2D eigenvalue weighted by Crippen LogP contribution is 2.27. The minimum Gasteiger partial charge on any atom is -0.207 e. The minimum absolute atomic E-state index is 0.0315. The second-order valence-electron chi connectivity index (χ2n) is 5.19. The fourth-order valence-corrected chi connectivity index (χ4v) is 3.86. The van der Waals surface area contributed by atoms with E-state index in [0.717, 1.165) is 37.8 Å². The summed E-state index contributed by atoms with van der Waals surface area (Å²) < 4.78 is 39.3. The van der Waals surface area contributed by atoms with Crippen LogP contribution in [0.15, 0.2) is 23.1 Å². The Balaban J connectivity index is 2.23.